The quantitative estimate of drug-likeness (QED) is 0.879. The highest BCUT2D eigenvalue weighted by atomic mass is 32.1. The minimum atomic E-state index is -0.992. The molecule has 0 saturated heterocycles. The average Bonchev–Trinajstić information content (AvgIpc) is 2.78. The van der Waals surface area contributed by atoms with Crippen molar-refractivity contribution in [1.82, 2.24) is 9.97 Å². The lowest BCUT2D eigenvalue weighted by molar-refractivity contribution is 0.0690. The number of aromatic nitrogens is 2. The van der Waals surface area contributed by atoms with Crippen molar-refractivity contribution in [1.29, 1.82) is 0 Å². The van der Waals surface area contributed by atoms with Crippen molar-refractivity contribution < 1.29 is 9.90 Å². The molecule has 2 heterocycles. The number of carboxylic acid groups (broad SMARTS) is 1. The normalized spacial score (nSPS) is 10.4. The maximum absolute atomic E-state index is 10.9. The van der Waals surface area contributed by atoms with Gasteiger partial charge in [0.2, 0.25) is 0 Å². The van der Waals surface area contributed by atoms with Crippen molar-refractivity contribution in [2.75, 3.05) is 5.32 Å². The Hall–Kier alpha value is -1.95. The second-order valence-corrected chi connectivity index (χ2v) is 5.25. The van der Waals surface area contributed by atoms with E-state index in [9.17, 15) is 4.79 Å². The van der Waals surface area contributed by atoms with E-state index in [1.165, 1.54) is 16.9 Å². The summed E-state index contributed by atoms with van der Waals surface area (Å²) < 4.78 is 0. The standard InChI is InChI=1S/C13H15N3O2S/c1-3-9-5-4-6-14-10(9)7-15-13-16-11(12(17)18)8(2)19-13/h4-6H,3,7H2,1-2H3,(H,15,16)(H,17,18). The Kier molecular flexibility index (Phi) is 4.11. The molecule has 2 aromatic rings. The third-order valence-electron chi connectivity index (χ3n) is 2.77. The van der Waals surface area contributed by atoms with Gasteiger partial charge in [-0.05, 0) is 25.0 Å². The van der Waals surface area contributed by atoms with E-state index in [-0.39, 0.29) is 5.69 Å². The van der Waals surface area contributed by atoms with Crippen LogP contribution in [0.25, 0.3) is 0 Å². The summed E-state index contributed by atoms with van der Waals surface area (Å²) in [4.78, 5) is 20.0. The molecule has 0 saturated carbocycles. The van der Waals surface area contributed by atoms with Crippen molar-refractivity contribution >= 4 is 22.4 Å². The molecule has 0 bridgehead atoms. The molecule has 0 aliphatic carbocycles. The molecule has 2 aromatic heterocycles. The number of pyridine rings is 1. The van der Waals surface area contributed by atoms with Gasteiger partial charge in [-0.1, -0.05) is 13.0 Å². The zero-order chi connectivity index (χ0) is 13.8. The fourth-order valence-electron chi connectivity index (χ4n) is 1.78. The van der Waals surface area contributed by atoms with Crippen LogP contribution in [-0.4, -0.2) is 21.0 Å². The molecule has 0 amide bonds. The van der Waals surface area contributed by atoms with Gasteiger partial charge < -0.3 is 10.4 Å². The van der Waals surface area contributed by atoms with Gasteiger partial charge in [0.05, 0.1) is 12.2 Å². The monoisotopic (exact) mass is 277 g/mol. The molecule has 5 nitrogen and oxygen atoms in total. The first-order valence-electron chi connectivity index (χ1n) is 5.99. The third kappa shape index (κ3) is 3.08. The summed E-state index contributed by atoms with van der Waals surface area (Å²) >= 11 is 1.34. The van der Waals surface area contributed by atoms with Crippen LogP contribution in [0, 0.1) is 6.92 Å². The van der Waals surface area contributed by atoms with Crippen LogP contribution in [0.4, 0.5) is 5.13 Å². The summed E-state index contributed by atoms with van der Waals surface area (Å²) in [5, 5.41) is 12.7. The Balaban J connectivity index is 2.10. The van der Waals surface area contributed by atoms with E-state index >= 15 is 0 Å². The number of thiazole rings is 1. The molecule has 0 aliphatic rings. The second-order valence-electron chi connectivity index (χ2n) is 4.05. The first-order chi connectivity index (χ1) is 9.11. The first-order valence-corrected chi connectivity index (χ1v) is 6.80. The highest BCUT2D eigenvalue weighted by molar-refractivity contribution is 7.15. The summed E-state index contributed by atoms with van der Waals surface area (Å²) in [7, 11) is 0. The molecule has 0 spiro atoms. The van der Waals surface area contributed by atoms with E-state index in [2.05, 4.69) is 22.2 Å². The number of carbonyl (C=O) groups is 1. The minimum Gasteiger partial charge on any atom is -0.476 e. The van der Waals surface area contributed by atoms with E-state index < -0.39 is 5.97 Å². The number of carboxylic acids is 1. The average molecular weight is 277 g/mol. The van der Waals surface area contributed by atoms with E-state index in [1.807, 2.05) is 12.1 Å². The number of hydrogen-bond donors (Lipinski definition) is 2. The van der Waals surface area contributed by atoms with Gasteiger partial charge in [-0.25, -0.2) is 9.78 Å². The second kappa shape index (κ2) is 5.79. The fourth-order valence-corrected chi connectivity index (χ4v) is 2.58. The van der Waals surface area contributed by atoms with Crippen molar-refractivity contribution in [3.8, 4) is 0 Å². The van der Waals surface area contributed by atoms with Crippen LogP contribution in [0.1, 0.15) is 33.5 Å². The summed E-state index contributed by atoms with van der Waals surface area (Å²) in [6.45, 7) is 4.39. The van der Waals surface area contributed by atoms with Crippen LogP contribution in [0.2, 0.25) is 0 Å². The van der Waals surface area contributed by atoms with Gasteiger partial charge in [0.1, 0.15) is 0 Å². The summed E-state index contributed by atoms with van der Waals surface area (Å²) in [5.41, 5.74) is 2.26. The molecule has 0 aromatic carbocycles. The number of aromatic carboxylic acids is 1. The van der Waals surface area contributed by atoms with E-state index in [0.29, 0.717) is 16.6 Å². The Bertz CT molecular complexity index is 595. The summed E-state index contributed by atoms with van der Waals surface area (Å²) in [5.74, 6) is -0.992. The Morgan fingerprint density at radius 2 is 2.32 bits per heavy atom. The van der Waals surface area contributed by atoms with Crippen molar-refractivity contribution in [2.45, 2.75) is 26.8 Å². The summed E-state index contributed by atoms with van der Waals surface area (Å²) in [6, 6.07) is 3.96. The number of aryl methyl sites for hydroxylation is 2. The highest BCUT2D eigenvalue weighted by Crippen LogP contribution is 2.22. The van der Waals surface area contributed by atoms with Gasteiger partial charge in [-0.3, -0.25) is 4.98 Å². The van der Waals surface area contributed by atoms with Crippen LogP contribution in [0.5, 0.6) is 0 Å². The smallest absolute Gasteiger partial charge is 0.355 e. The predicted molar refractivity (Wildman–Crippen MR) is 74.8 cm³/mol. The molecule has 0 atom stereocenters. The van der Waals surface area contributed by atoms with Gasteiger partial charge in [-0.2, -0.15) is 0 Å². The zero-order valence-electron chi connectivity index (χ0n) is 10.8. The van der Waals surface area contributed by atoms with E-state index in [1.54, 1.807) is 13.1 Å². The molecule has 0 fully saturated rings. The van der Waals surface area contributed by atoms with E-state index in [0.717, 1.165) is 12.1 Å². The van der Waals surface area contributed by atoms with Crippen molar-refractivity contribution in [3.05, 3.63) is 40.2 Å². The molecule has 0 radical (unpaired) electrons. The molecule has 0 aliphatic heterocycles. The highest BCUT2D eigenvalue weighted by Gasteiger charge is 2.14. The molecule has 0 unspecified atom stereocenters. The maximum Gasteiger partial charge on any atom is 0.355 e. The minimum absolute atomic E-state index is 0.115. The maximum atomic E-state index is 10.9. The topological polar surface area (TPSA) is 75.1 Å². The van der Waals surface area contributed by atoms with Crippen molar-refractivity contribution in [2.24, 2.45) is 0 Å². The Morgan fingerprint density at radius 3 is 2.95 bits per heavy atom. The van der Waals surface area contributed by atoms with Gasteiger partial charge in [0.25, 0.3) is 0 Å². The van der Waals surface area contributed by atoms with Crippen LogP contribution >= 0.6 is 11.3 Å². The van der Waals surface area contributed by atoms with Gasteiger partial charge in [0.15, 0.2) is 10.8 Å². The lowest BCUT2D eigenvalue weighted by Gasteiger charge is -2.06. The number of anilines is 1. The zero-order valence-corrected chi connectivity index (χ0v) is 11.6. The molecule has 2 N–H and O–H groups in total. The van der Waals surface area contributed by atoms with Crippen molar-refractivity contribution in [3.63, 3.8) is 0 Å². The molecule has 19 heavy (non-hydrogen) atoms. The van der Waals surface area contributed by atoms with Gasteiger partial charge >= 0.3 is 5.97 Å². The number of hydrogen-bond acceptors (Lipinski definition) is 5. The van der Waals surface area contributed by atoms with Crippen LogP contribution < -0.4 is 5.32 Å². The molecular weight excluding hydrogens is 262 g/mol. The van der Waals surface area contributed by atoms with E-state index in [4.69, 9.17) is 5.11 Å². The first kappa shape index (κ1) is 13.5. The number of nitrogens with one attached hydrogen (secondary N) is 1. The van der Waals surface area contributed by atoms with Crippen LogP contribution in [0.15, 0.2) is 18.3 Å². The van der Waals surface area contributed by atoms with Gasteiger partial charge in [0, 0.05) is 11.1 Å². The van der Waals surface area contributed by atoms with Crippen LogP contribution in [-0.2, 0) is 13.0 Å². The summed E-state index contributed by atoms with van der Waals surface area (Å²) in [6.07, 6.45) is 2.67. The van der Waals surface area contributed by atoms with Crippen LogP contribution in [0.3, 0.4) is 0 Å². The number of nitrogens with zero attached hydrogens (tertiary/aromatic N) is 2. The molecule has 2 rings (SSSR count). The Morgan fingerprint density at radius 1 is 1.53 bits per heavy atom. The predicted octanol–water partition coefficient (Wildman–Crippen LogP) is 2.72. The molecular formula is C13H15N3O2S. The Labute approximate surface area is 115 Å². The number of rotatable bonds is 5. The third-order valence-corrected chi connectivity index (χ3v) is 3.70. The fraction of sp³-hybridized carbons (Fsp3) is 0.308. The molecule has 6 heteroatoms. The lowest BCUT2D eigenvalue weighted by Crippen LogP contribution is -2.05. The largest absolute Gasteiger partial charge is 0.476 e. The molecule has 100 valence electrons. The SMILES string of the molecule is CCc1cccnc1CNc1nc(C(=O)O)c(C)s1. The lowest BCUT2D eigenvalue weighted by atomic mass is 10.1. The van der Waals surface area contributed by atoms with Gasteiger partial charge in [-0.15, -0.1) is 11.3 Å².